The zero-order valence-corrected chi connectivity index (χ0v) is 12.3. The van der Waals surface area contributed by atoms with E-state index >= 15 is 0 Å². The molecule has 0 atom stereocenters. The number of nitrogens with two attached hydrogens (primary N) is 2. The number of benzene rings is 1. The number of hydrogen-bond acceptors (Lipinski definition) is 5. The molecule has 0 unspecified atom stereocenters. The van der Waals surface area contributed by atoms with Crippen LogP contribution in [0.15, 0.2) is 18.2 Å². The SMILES string of the molecule is COC(=O)c1nc(-c2cc(Cl)cc(F)c2N)cc(N)c1Cl. The normalized spacial score (nSPS) is 10.5. The number of carbonyl (C=O) groups excluding carboxylic acids is 1. The molecule has 2 aromatic rings. The number of nitrogens with zero attached hydrogens (tertiary/aromatic N) is 1. The van der Waals surface area contributed by atoms with Crippen molar-refractivity contribution in [2.24, 2.45) is 0 Å². The Bertz CT molecular complexity index is 738. The van der Waals surface area contributed by atoms with E-state index in [1.165, 1.54) is 19.2 Å². The van der Waals surface area contributed by atoms with E-state index in [2.05, 4.69) is 9.72 Å². The lowest BCUT2D eigenvalue weighted by atomic mass is 10.1. The van der Waals surface area contributed by atoms with Crippen LogP contribution in [0.1, 0.15) is 10.5 Å². The third-order valence-corrected chi connectivity index (χ3v) is 3.35. The van der Waals surface area contributed by atoms with Crippen molar-refractivity contribution in [3.05, 3.63) is 39.8 Å². The van der Waals surface area contributed by atoms with Crippen LogP contribution >= 0.6 is 23.2 Å². The highest BCUT2D eigenvalue weighted by atomic mass is 35.5. The molecule has 1 aromatic heterocycles. The predicted molar refractivity (Wildman–Crippen MR) is 79.8 cm³/mol. The summed E-state index contributed by atoms with van der Waals surface area (Å²) >= 11 is 11.7. The van der Waals surface area contributed by atoms with Crippen molar-refractivity contribution in [3.8, 4) is 11.3 Å². The molecule has 8 heteroatoms. The van der Waals surface area contributed by atoms with Crippen LogP contribution in [-0.4, -0.2) is 18.1 Å². The molecule has 0 aliphatic rings. The Morgan fingerprint density at radius 1 is 1.29 bits per heavy atom. The molecular weight excluding hydrogens is 320 g/mol. The second-order valence-corrected chi connectivity index (χ2v) is 4.91. The van der Waals surface area contributed by atoms with E-state index in [-0.39, 0.29) is 38.4 Å². The van der Waals surface area contributed by atoms with Gasteiger partial charge in [0, 0.05) is 10.6 Å². The first-order valence-electron chi connectivity index (χ1n) is 5.64. The van der Waals surface area contributed by atoms with Crippen molar-refractivity contribution in [1.82, 2.24) is 4.98 Å². The predicted octanol–water partition coefficient (Wildman–Crippen LogP) is 3.15. The van der Waals surface area contributed by atoms with Gasteiger partial charge in [0.15, 0.2) is 5.69 Å². The van der Waals surface area contributed by atoms with Crippen LogP contribution in [0, 0.1) is 5.82 Å². The van der Waals surface area contributed by atoms with Gasteiger partial charge in [-0.25, -0.2) is 14.2 Å². The van der Waals surface area contributed by atoms with Crippen molar-refractivity contribution in [2.75, 3.05) is 18.6 Å². The summed E-state index contributed by atoms with van der Waals surface area (Å²) in [5.41, 5.74) is 11.5. The molecule has 0 aliphatic carbocycles. The van der Waals surface area contributed by atoms with E-state index in [0.29, 0.717) is 0 Å². The molecule has 0 aliphatic heterocycles. The lowest BCUT2D eigenvalue weighted by Crippen LogP contribution is -2.08. The maximum atomic E-state index is 13.6. The van der Waals surface area contributed by atoms with Crippen molar-refractivity contribution >= 4 is 40.5 Å². The molecule has 110 valence electrons. The molecule has 0 bridgehead atoms. The van der Waals surface area contributed by atoms with E-state index in [1.807, 2.05) is 0 Å². The van der Waals surface area contributed by atoms with Gasteiger partial charge in [-0.05, 0) is 18.2 Å². The smallest absolute Gasteiger partial charge is 0.358 e. The first-order valence-corrected chi connectivity index (χ1v) is 6.40. The first-order chi connectivity index (χ1) is 9.85. The van der Waals surface area contributed by atoms with E-state index in [9.17, 15) is 9.18 Å². The highest BCUT2D eigenvalue weighted by molar-refractivity contribution is 6.35. The molecule has 4 N–H and O–H groups in total. The number of nitrogen functional groups attached to an aromatic ring is 2. The molecule has 0 spiro atoms. The van der Waals surface area contributed by atoms with Crippen LogP contribution in [0.5, 0.6) is 0 Å². The average molecular weight is 330 g/mol. The quantitative estimate of drug-likeness (QED) is 0.652. The van der Waals surface area contributed by atoms with E-state index in [1.54, 1.807) is 0 Å². The molecule has 0 fully saturated rings. The van der Waals surface area contributed by atoms with Gasteiger partial charge in [0.05, 0.1) is 29.2 Å². The molecule has 2 rings (SSSR count). The molecule has 0 amide bonds. The molecule has 0 saturated carbocycles. The summed E-state index contributed by atoms with van der Waals surface area (Å²) in [5.74, 6) is -1.47. The van der Waals surface area contributed by atoms with E-state index < -0.39 is 11.8 Å². The Labute approximate surface area is 129 Å². The number of rotatable bonds is 2. The number of esters is 1. The average Bonchev–Trinajstić information content (AvgIpc) is 2.44. The van der Waals surface area contributed by atoms with Gasteiger partial charge in [0.2, 0.25) is 0 Å². The number of carbonyl (C=O) groups is 1. The maximum Gasteiger partial charge on any atom is 0.358 e. The maximum absolute atomic E-state index is 13.6. The second kappa shape index (κ2) is 5.75. The summed E-state index contributed by atoms with van der Waals surface area (Å²) in [4.78, 5) is 15.7. The summed E-state index contributed by atoms with van der Waals surface area (Å²) in [6.07, 6.45) is 0. The van der Waals surface area contributed by atoms with Crippen LogP contribution in [0.25, 0.3) is 11.3 Å². The Morgan fingerprint density at radius 3 is 2.57 bits per heavy atom. The van der Waals surface area contributed by atoms with Crippen LogP contribution in [0.3, 0.4) is 0 Å². The fraction of sp³-hybridized carbons (Fsp3) is 0.0769. The highest BCUT2D eigenvalue weighted by Gasteiger charge is 2.19. The van der Waals surface area contributed by atoms with Gasteiger partial charge >= 0.3 is 5.97 Å². The lowest BCUT2D eigenvalue weighted by Gasteiger charge is -2.11. The highest BCUT2D eigenvalue weighted by Crippen LogP contribution is 2.34. The standard InChI is InChI=1S/C13H10Cl2FN3O2/c1-21-13(20)12-10(15)8(17)4-9(19-12)6-2-5(14)3-7(16)11(6)18/h2-4H,18H2,1H3,(H2,17,19). The summed E-state index contributed by atoms with van der Waals surface area (Å²) < 4.78 is 18.2. The second-order valence-electron chi connectivity index (χ2n) is 4.10. The Hall–Kier alpha value is -2.05. The van der Waals surface area contributed by atoms with Crippen LogP contribution in [-0.2, 0) is 4.74 Å². The number of methoxy groups -OCH3 is 1. The van der Waals surface area contributed by atoms with Crippen LogP contribution < -0.4 is 11.5 Å². The summed E-state index contributed by atoms with van der Waals surface area (Å²) in [7, 11) is 1.18. The van der Waals surface area contributed by atoms with Crippen molar-refractivity contribution in [1.29, 1.82) is 0 Å². The number of ether oxygens (including phenoxy) is 1. The van der Waals surface area contributed by atoms with Crippen LogP contribution in [0.2, 0.25) is 10.0 Å². The number of aromatic nitrogens is 1. The molecule has 1 heterocycles. The number of anilines is 2. The minimum Gasteiger partial charge on any atom is -0.464 e. The van der Waals surface area contributed by atoms with Gasteiger partial charge in [-0.2, -0.15) is 0 Å². The van der Waals surface area contributed by atoms with Gasteiger partial charge in [-0.15, -0.1) is 0 Å². The number of hydrogen-bond donors (Lipinski definition) is 2. The summed E-state index contributed by atoms with van der Waals surface area (Å²) in [6, 6.07) is 3.85. The number of pyridine rings is 1. The molecule has 21 heavy (non-hydrogen) atoms. The summed E-state index contributed by atoms with van der Waals surface area (Å²) in [5, 5.41) is 0.0818. The third-order valence-electron chi connectivity index (χ3n) is 2.73. The topological polar surface area (TPSA) is 91.2 Å². The van der Waals surface area contributed by atoms with Crippen LogP contribution in [0.4, 0.5) is 15.8 Å². The van der Waals surface area contributed by atoms with Gasteiger partial charge in [0.25, 0.3) is 0 Å². The van der Waals surface area contributed by atoms with Crippen molar-refractivity contribution in [3.63, 3.8) is 0 Å². The molecular formula is C13H10Cl2FN3O2. The first kappa shape index (κ1) is 15.3. The Balaban J connectivity index is 2.71. The van der Waals surface area contributed by atoms with Gasteiger partial charge in [-0.1, -0.05) is 23.2 Å². The fourth-order valence-electron chi connectivity index (χ4n) is 1.72. The largest absolute Gasteiger partial charge is 0.464 e. The van der Waals surface area contributed by atoms with Gasteiger partial charge in [-0.3, -0.25) is 0 Å². The minimum atomic E-state index is -0.769. The van der Waals surface area contributed by atoms with Crippen molar-refractivity contribution < 1.29 is 13.9 Å². The van der Waals surface area contributed by atoms with Gasteiger partial charge in [0.1, 0.15) is 5.82 Å². The van der Waals surface area contributed by atoms with E-state index in [4.69, 9.17) is 34.7 Å². The summed E-state index contributed by atoms with van der Waals surface area (Å²) in [6.45, 7) is 0. The molecule has 0 saturated heterocycles. The zero-order valence-electron chi connectivity index (χ0n) is 10.8. The molecule has 0 radical (unpaired) electrons. The van der Waals surface area contributed by atoms with Crippen molar-refractivity contribution in [2.45, 2.75) is 0 Å². The lowest BCUT2D eigenvalue weighted by molar-refractivity contribution is 0.0594. The molecule has 1 aromatic carbocycles. The Kier molecular flexibility index (Phi) is 4.20. The van der Waals surface area contributed by atoms with Gasteiger partial charge < -0.3 is 16.2 Å². The minimum absolute atomic E-state index is 0.0494. The van der Waals surface area contributed by atoms with E-state index in [0.717, 1.165) is 6.07 Å². The third kappa shape index (κ3) is 2.86. The zero-order chi connectivity index (χ0) is 15.7. The number of halogens is 3. The monoisotopic (exact) mass is 329 g/mol. The Morgan fingerprint density at radius 2 is 1.95 bits per heavy atom. The molecule has 5 nitrogen and oxygen atoms in total. The fourth-order valence-corrected chi connectivity index (χ4v) is 2.09.